The van der Waals surface area contributed by atoms with Crippen LogP contribution in [-0.4, -0.2) is 29.3 Å². The Bertz CT molecular complexity index is 1320. The van der Waals surface area contributed by atoms with Crippen LogP contribution in [0.2, 0.25) is 0 Å². The number of aryl methyl sites for hydroxylation is 1. The number of hydrogen-bond donors (Lipinski definition) is 0. The molecule has 0 aliphatic heterocycles. The number of para-hydroxylation sites is 1. The molecule has 0 N–H and O–H groups in total. The molecule has 134 valence electrons. The van der Waals surface area contributed by atoms with Crippen molar-refractivity contribution in [1.29, 1.82) is 0 Å². The second-order valence-corrected chi connectivity index (χ2v) is 7.67. The summed E-state index contributed by atoms with van der Waals surface area (Å²) < 4.78 is 8.72. The SMILES string of the molecule is Cn1c(=O)c2ccccc2n2c(SCc3nc(-c4cccs4)no3)nnc12. The number of thioether (sulfide) groups is 1. The van der Waals surface area contributed by atoms with Crippen molar-refractivity contribution in [1.82, 2.24) is 29.3 Å². The fourth-order valence-electron chi connectivity index (χ4n) is 2.85. The second-order valence-electron chi connectivity index (χ2n) is 5.78. The molecule has 0 bridgehead atoms. The van der Waals surface area contributed by atoms with Gasteiger partial charge in [-0.3, -0.25) is 13.8 Å². The van der Waals surface area contributed by atoms with Crippen LogP contribution >= 0.6 is 23.1 Å². The van der Waals surface area contributed by atoms with E-state index in [4.69, 9.17) is 4.52 Å². The molecule has 5 aromatic rings. The third kappa shape index (κ3) is 2.64. The quantitative estimate of drug-likeness (QED) is 0.431. The Morgan fingerprint density at radius 3 is 2.93 bits per heavy atom. The van der Waals surface area contributed by atoms with Crippen molar-refractivity contribution in [3.63, 3.8) is 0 Å². The number of hydrogen-bond acceptors (Lipinski definition) is 8. The first kappa shape index (κ1) is 16.2. The topological polar surface area (TPSA) is 91.1 Å². The van der Waals surface area contributed by atoms with Crippen molar-refractivity contribution in [2.45, 2.75) is 10.9 Å². The van der Waals surface area contributed by atoms with Crippen molar-refractivity contribution in [2.75, 3.05) is 0 Å². The van der Waals surface area contributed by atoms with Gasteiger partial charge in [0.2, 0.25) is 17.5 Å². The van der Waals surface area contributed by atoms with E-state index < -0.39 is 0 Å². The van der Waals surface area contributed by atoms with Crippen LogP contribution in [0.1, 0.15) is 5.89 Å². The lowest BCUT2D eigenvalue weighted by molar-refractivity contribution is 0.391. The highest BCUT2D eigenvalue weighted by atomic mass is 32.2. The lowest BCUT2D eigenvalue weighted by atomic mass is 10.2. The number of nitrogens with zero attached hydrogens (tertiary/aromatic N) is 6. The van der Waals surface area contributed by atoms with Gasteiger partial charge in [-0.15, -0.1) is 21.5 Å². The molecule has 0 unspecified atom stereocenters. The number of rotatable bonds is 4. The van der Waals surface area contributed by atoms with Crippen molar-refractivity contribution >= 4 is 39.8 Å². The average molecular weight is 396 g/mol. The van der Waals surface area contributed by atoms with Gasteiger partial charge in [-0.25, -0.2) is 0 Å². The van der Waals surface area contributed by atoms with Gasteiger partial charge in [0.25, 0.3) is 5.56 Å². The van der Waals surface area contributed by atoms with Crippen LogP contribution < -0.4 is 5.56 Å². The highest BCUT2D eigenvalue weighted by Gasteiger charge is 2.16. The molecule has 27 heavy (non-hydrogen) atoms. The predicted molar refractivity (Wildman–Crippen MR) is 103 cm³/mol. The van der Waals surface area contributed by atoms with E-state index >= 15 is 0 Å². The number of fused-ring (bicyclic) bond motifs is 3. The molecular formula is C17H12N6O2S2. The largest absolute Gasteiger partial charge is 0.338 e. The van der Waals surface area contributed by atoms with Gasteiger partial charge in [-0.05, 0) is 23.6 Å². The maximum Gasteiger partial charge on any atom is 0.262 e. The summed E-state index contributed by atoms with van der Waals surface area (Å²) in [6.07, 6.45) is 0. The first-order valence-electron chi connectivity index (χ1n) is 8.04. The lowest BCUT2D eigenvalue weighted by Gasteiger charge is -2.06. The predicted octanol–water partition coefficient (Wildman–Crippen LogP) is 2.99. The summed E-state index contributed by atoms with van der Waals surface area (Å²) in [5, 5.41) is 15.7. The molecule has 0 spiro atoms. The zero-order chi connectivity index (χ0) is 18.4. The van der Waals surface area contributed by atoms with Crippen LogP contribution in [0.4, 0.5) is 0 Å². The Balaban J connectivity index is 1.52. The normalized spacial score (nSPS) is 11.6. The summed E-state index contributed by atoms with van der Waals surface area (Å²) in [4.78, 5) is 17.9. The van der Waals surface area contributed by atoms with E-state index in [9.17, 15) is 4.79 Å². The molecule has 0 radical (unpaired) electrons. The van der Waals surface area contributed by atoms with Crippen molar-refractivity contribution in [3.05, 3.63) is 58.0 Å². The van der Waals surface area contributed by atoms with Crippen LogP contribution in [-0.2, 0) is 12.8 Å². The highest BCUT2D eigenvalue weighted by Crippen LogP contribution is 2.26. The summed E-state index contributed by atoms with van der Waals surface area (Å²) in [6.45, 7) is 0. The van der Waals surface area contributed by atoms with E-state index in [2.05, 4.69) is 20.3 Å². The first-order chi connectivity index (χ1) is 13.2. The number of aromatic nitrogens is 6. The van der Waals surface area contributed by atoms with Gasteiger partial charge in [0, 0.05) is 7.05 Å². The van der Waals surface area contributed by atoms with Gasteiger partial charge >= 0.3 is 0 Å². The van der Waals surface area contributed by atoms with Crippen LogP contribution in [0.25, 0.3) is 27.4 Å². The van der Waals surface area contributed by atoms with Crippen LogP contribution in [0.15, 0.2) is 56.3 Å². The van der Waals surface area contributed by atoms with Crippen molar-refractivity contribution in [3.8, 4) is 10.7 Å². The van der Waals surface area contributed by atoms with E-state index in [1.54, 1.807) is 24.5 Å². The van der Waals surface area contributed by atoms with Gasteiger partial charge in [0.1, 0.15) is 0 Å². The molecule has 0 saturated heterocycles. The zero-order valence-corrected chi connectivity index (χ0v) is 15.7. The van der Waals surface area contributed by atoms with Crippen LogP contribution in [0, 0.1) is 0 Å². The zero-order valence-electron chi connectivity index (χ0n) is 14.1. The summed E-state index contributed by atoms with van der Waals surface area (Å²) >= 11 is 2.99. The molecule has 8 nitrogen and oxygen atoms in total. The fourth-order valence-corrected chi connectivity index (χ4v) is 4.28. The van der Waals surface area contributed by atoms with Gasteiger partial charge in [0.15, 0.2) is 5.16 Å². The fraction of sp³-hybridized carbons (Fsp3) is 0.118. The molecule has 10 heteroatoms. The van der Waals surface area contributed by atoms with Crippen LogP contribution in [0.3, 0.4) is 0 Å². The molecule has 4 heterocycles. The minimum atomic E-state index is -0.0976. The Kier molecular flexibility index (Phi) is 3.80. The maximum atomic E-state index is 12.5. The van der Waals surface area contributed by atoms with E-state index in [0.29, 0.717) is 33.8 Å². The van der Waals surface area contributed by atoms with E-state index in [-0.39, 0.29) is 5.56 Å². The minimum Gasteiger partial charge on any atom is -0.338 e. The number of benzene rings is 1. The maximum absolute atomic E-state index is 12.5. The Morgan fingerprint density at radius 2 is 2.07 bits per heavy atom. The van der Waals surface area contributed by atoms with E-state index in [1.807, 2.05) is 40.1 Å². The Morgan fingerprint density at radius 1 is 1.19 bits per heavy atom. The van der Waals surface area contributed by atoms with Crippen molar-refractivity contribution < 1.29 is 4.52 Å². The lowest BCUT2D eigenvalue weighted by Crippen LogP contribution is -2.20. The molecular weight excluding hydrogens is 384 g/mol. The summed E-state index contributed by atoms with van der Waals surface area (Å²) in [7, 11) is 1.69. The minimum absolute atomic E-state index is 0.0976. The molecule has 5 rings (SSSR count). The van der Waals surface area contributed by atoms with Crippen molar-refractivity contribution in [2.24, 2.45) is 7.05 Å². The Hall–Kier alpha value is -2.98. The molecule has 1 aromatic carbocycles. The third-order valence-corrected chi connectivity index (χ3v) is 5.91. The van der Waals surface area contributed by atoms with Gasteiger partial charge in [-0.1, -0.05) is 35.1 Å². The average Bonchev–Trinajstić information content (AvgIpc) is 3.44. The molecule has 0 aliphatic rings. The van der Waals surface area contributed by atoms with E-state index in [0.717, 1.165) is 10.4 Å². The van der Waals surface area contributed by atoms with Gasteiger partial charge in [0.05, 0.1) is 21.5 Å². The molecule has 0 amide bonds. The molecule has 4 aromatic heterocycles. The molecule has 0 fully saturated rings. The summed E-state index contributed by atoms with van der Waals surface area (Å²) in [5.74, 6) is 2.04. The van der Waals surface area contributed by atoms with Gasteiger partial charge in [-0.2, -0.15) is 4.98 Å². The smallest absolute Gasteiger partial charge is 0.262 e. The van der Waals surface area contributed by atoms with Gasteiger partial charge < -0.3 is 4.52 Å². The second kappa shape index (κ2) is 6.32. The standard InChI is InChI=1S/C17H12N6O2S2/c1-22-15(24)10-5-2-3-6-11(10)23-16(22)19-20-17(23)27-9-13-18-14(21-25-13)12-7-4-8-26-12/h2-8H,9H2,1H3. The van der Waals surface area contributed by atoms with E-state index in [1.165, 1.54) is 16.3 Å². The molecule has 0 saturated carbocycles. The summed E-state index contributed by atoms with van der Waals surface area (Å²) in [5.41, 5.74) is 0.674. The molecule has 0 atom stereocenters. The highest BCUT2D eigenvalue weighted by molar-refractivity contribution is 7.98. The van der Waals surface area contributed by atoms with Crippen LogP contribution in [0.5, 0.6) is 0 Å². The molecule has 0 aliphatic carbocycles. The first-order valence-corrected chi connectivity index (χ1v) is 9.91. The summed E-state index contributed by atoms with van der Waals surface area (Å²) in [6, 6.07) is 11.3. The Labute approximate surface area is 160 Å². The monoisotopic (exact) mass is 396 g/mol. The third-order valence-electron chi connectivity index (χ3n) is 4.13. The number of thiophene rings is 1.